The van der Waals surface area contributed by atoms with E-state index in [1.807, 2.05) is 66.7 Å². The molecule has 4 rings (SSSR count). The van der Waals surface area contributed by atoms with Gasteiger partial charge in [-0.15, -0.1) is 10.2 Å². The standard InChI is InChI=1S/C20H15N3O2/c24-18(12-14-8-5-7-13-6-1-2-9-15(13)14)22-23-19-16-10-3-4-11-17(16)21-20(19)25/h1-11,21,25H,12H2. The highest BCUT2D eigenvalue weighted by Gasteiger charge is 2.11. The van der Waals surface area contributed by atoms with Gasteiger partial charge < -0.3 is 10.1 Å². The number of nitrogens with zero attached hydrogens (tertiary/aromatic N) is 2. The molecule has 0 radical (unpaired) electrons. The summed E-state index contributed by atoms with van der Waals surface area (Å²) in [6.07, 6.45) is 0.161. The third-order valence-corrected chi connectivity index (χ3v) is 4.14. The Kier molecular flexibility index (Phi) is 3.74. The van der Waals surface area contributed by atoms with Crippen molar-refractivity contribution in [2.24, 2.45) is 10.2 Å². The maximum atomic E-state index is 12.2. The van der Waals surface area contributed by atoms with Crippen molar-refractivity contribution in [2.45, 2.75) is 6.42 Å². The fourth-order valence-electron chi connectivity index (χ4n) is 2.96. The lowest BCUT2D eigenvalue weighted by Crippen LogP contribution is -1.98. The van der Waals surface area contributed by atoms with Crippen LogP contribution in [-0.4, -0.2) is 16.0 Å². The normalized spacial score (nSPS) is 11.5. The molecule has 0 saturated heterocycles. The number of benzene rings is 3. The number of rotatable bonds is 3. The van der Waals surface area contributed by atoms with E-state index in [9.17, 15) is 9.90 Å². The molecule has 0 aliphatic rings. The molecule has 2 N–H and O–H groups in total. The van der Waals surface area contributed by atoms with Gasteiger partial charge >= 0.3 is 0 Å². The smallest absolute Gasteiger partial charge is 0.269 e. The summed E-state index contributed by atoms with van der Waals surface area (Å²) in [5, 5.41) is 20.5. The fraction of sp³-hybridized carbons (Fsp3) is 0.0500. The van der Waals surface area contributed by atoms with Crippen LogP contribution in [0.3, 0.4) is 0 Å². The predicted octanol–water partition coefficient (Wildman–Crippen LogP) is 4.88. The molecule has 25 heavy (non-hydrogen) atoms. The number of aromatic amines is 1. The number of hydrogen-bond donors (Lipinski definition) is 2. The second-order valence-corrected chi connectivity index (χ2v) is 5.78. The molecular weight excluding hydrogens is 314 g/mol. The molecule has 0 aliphatic carbocycles. The Hall–Kier alpha value is -3.47. The van der Waals surface area contributed by atoms with E-state index < -0.39 is 0 Å². The Bertz CT molecular complexity index is 1110. The Morgan fingerprint density at radius 3 is 2.52 bits per heavy atom. The first-order chi connectivity index (χ1) is 12.2. The van der Waals surface area contributed by atoms with Crippen molar-refractivity contribution in [3.05, 3.63) is 72.3 Å². The van der Waals surface area contributed by atoms with Crippen molar-refractivity contribution in [1.82, 2.24) is 4.98 Å². The highest BCUT2D eigenvalue weighted by atomic mass is 16.3. The summed E-state index contributed by atoms with van der Waals surface area (Å²) in [6, 6.07) is 21.1. The van der Waals surface area contributed by atoms with E-state index in [-0.39, 0.29) is 23.9 Å². The quantitative estimate of drug-likeness (QED) is 0.525. The van der Waals surface area contributed by atoms with Crippen LogP contribution in [0.2, 0.25) is 0 Å². The Morgan fingerprint density at radius 1 is 0.920 bits per heavy atom. The average Bonchev–Trinajstić information content (AvgIpc) is 2.95. The van der Waals surface area contributed by atoms with Crippen LogP contribution >= 0.6 is 0 Å². The molecule has 122 valence electrons. The molecule has 5 heteroatoms. The molecule has 3 aromatic carbocycles. The number of azo groups is 1. The van der Waals surface area contributed by atoms with Gasteiger partial charge in [-0.3, -0.25) is 4.79 Å². The molecule has 0 atom stereocenters. The second-order valence-electron chi connectivity index (χ2n) is 5.78. The molecule has 0 saturated carbocycles. The number of carbonyl (C=O) groups excluding carboxylic acids is 1. The summed E-state index contributed by atoms with van der Waals surface area (Å²) in [5.74, 6) is -0.455. The zero-order valence-corrected chi connectivity index (χ0v) is 13.3. The van der Waals surface area contributed by atoms with Crippen molar-refractivity contribution in [3.8, 4) is 5.88 Å². The summed E-state index contributed by atoms with van der Waals surface area (Å²) < 4.78 is 0. The van der Waals surface area contributed by atoms with Gasteiger partial charge in [-0.1, -0.05) is 60.7 Å². The zero-order chi connectivity index (χ0) is 17.2. The molecule has 0 spiro atoms. The maximum absolute atomic E-state index is 12.2. The number of aromatic hydroxyl groups is 1. The van der Waals surface area contributed by atoms with E-state index in [2.05, 4.69) is 15.2 Å². The first kappa shape index (κ1) is 15.1. The lowest BCUT2D eigenvalue weighted by atomic mass is 10.0. The van der Waals surface area contributed by atoms with Crippen LogP contribution in [0.15, 0.2) is 77.0 Å². The van der Waals surface area contributed by atoms with Gasteiger partial charge in [-0.25, -0.2) is 0 Å². The van der Waals surface area contributed by atoms with E-state index in [4.69, 9.17) is 0 Å². The third-order valence-electron chi connectivity index (χ3n) is 4.14. The first-order valence-corrected chi connectivity index (χ1v) is 7.93. The highest BCUT2D eigenvalue weighted by Crippen LogP contribution is 2.35. The molecule has 1 amide bonds. The van der Waals surface area contributed by atoms with Crippen molar-refractivity contribution in [2.75, 3.05) is 0 Å². The van der Waals surface area contributed by atoms with Gasteiger partial charge in [-0.2, -0.15) is 0 Å². The van der Waals surface area contributed by atoms with Crippen LogP contribution in [0.1, 0.15) is 5.56 Å². The van der Waals surface area contributed by atoms with Crippen LogP contribution in [-0.2, 0) is 11.2 Å². The summed E-state index contributed by atoms with van der Waals surface area (Å²) in [6.45, 7) is 0. The Morgan fingerprint density at radius 2 is 1.64 bits per heavy atom. The van der Waals surface area contributed by atoms with Gasteiger partial charge in [0.1, 0.15) is 0 Å². The third kappa shape index (κ3) is 2.87. The predicted molar refractivity (Wildman–Crippen MR) is 97.1 cm³/mol. The molecule has 5 nitrogen and oxygen atoms in total. The number of H-pyrrole nitrogens is 1. The van der Waals surface area contributed by atoms with Crippen LogP contribution in [0.4, 0.5) is 5.69 Å². The largest absolute Gasteiger partial charge is 0.493 e. The van der Waals surface area contributed by atoms with Gasteiger partial charge in [0.05, 0.1) is 11.9 Å². The number of hydrogen-bond acceptors (Lipinski definition) is 3. The van der Waals surface area contributed by atoms with Gasteiger partial charge in [0.15, 0.2) is 5.69 Å². The van der Waals surface area contributed by atoms with E-state index in [1.54, 1.807) is 0 Å². The van der Waals surface area contributed by atoms with Crippen LogP contribution in [0.5, 0.6) is 5.88 Å². The zero-order valence-electron chi connectivity index (χ0n) is 13.3. The molecule has 0 aliphatic heterocycles. The number of para-hydroxylation sites is 1. The monoisotopic (exact) mass is 329 g/mol. The lowest BCUT2D eigenvalue weighted by molar-refractivity contribution is -0.117. The van der Waals surface area contributed by atoms with Gasteiger partial charge in [0.25, 0.3) is 5.91 Å². The number of amides is 1. The fourth-order valence-corrected chi connectivity index (χ4v) is 2.96. The van der Waals surface area contributed by atoms with Crippen molar-refractivity contribution in [1.29, 1.82) is 0 Å². The second kappa shape index (κ2) is 6.20. The first-order valence-electron chi connectivity index (χ1n) is 7.93. The van der Waals surface area contributed by atoms with Crippen LogP contribution in [0.25, 0.3) is 21.7 Å². The molecule has 1 heterocycles. The highest BCUT2D eigenvalue weighted by molar-refractivity contribution is 5.94. The maximum Gasteiger partial charge on any atom is 0.269 e. The van der Waals surface area contributed by atoms with E-state index >= 15 is 0 Å². The molecule has 0 unspecified atom stereocenters. The SMILES string of the molecule is O=C(Cc1cccc2ccccc12)N=Nc1c(O)[nH]c2ccccc12. The average molecular weight is 329 g/mol. The Balaban J connectivity index is 1.61. The summed E-state index contributed by atoms with van der Waals surface area (Å²) in [7, 11) is 0. The minimum atomic E-state index is -0.360. The summed E-state index contributed by atoms with van der Waals surface area (Å²) in [4.78, 5) is 15.1. The molecular formula is C20H15N3O2. The minimum absolute atomic E-state index is 0.0945. The van der Waals surface area contributed by atoms with Gasteiger partial charge in [0, 0.05) is 5.39 Å². The number of carbonyl (C=O) groups is 1. The van der Waals surface area contributed by atoms with Crippen LogP contribution < -0.4 is 0 Å². The summed E-state index contributed by atoms with van der Waals surface area (Å²) in [5.41, 5.74) is 1.93. The van der Waals surface area contributed by atoms with Crippen molar-refractivity contribution in [3.63, 3.8) is 0 Å². The van der Waals surface area contributed by atoms with E-state index in [1.165, 1.54) is 0 Å². The molecule has 0 fully saturated rings. The molecule has 0 bridgehead atoms. The van der Waals surface area contributed by atoms with Crippen molar-refractivity contribution < 1.29 is 9.90 Å². The Labute approximate surface area is 143 Å². The van der Waals surface area contributed by atoms with E-state index in [0.717, 1.165) is 27.2 Å². The topological polar surface area (TPSA) is 77.8 Å². The van der Waals surface area contributed by atoms with Gasteiger partial charge in [-0.05, 0) is 22.4 Å². The molecule has 4 aromatic rings. The number of nitrogens with one attached hydrogen (secondary N) is 1. The number of fused-ring (bicyclic) bond motifs is 2. The molecule has 1 aromatic heterocycles. The van der Waals surface area contributed by atoms with Crippen molar-refractivity contribution >= 4 is 33.3 Å². The van der Waals surface area contributed by atoms with Crippen LogP contribution in [0, 0.1) is 0 Å². The van der Waals surface area contributed by atoms with E-state index in [0.29, 0.717) is 0 Å². The minimum Gasteiger partial charge on any atom is -0.493 e. The number of aromatic nitrogens is 1. The lowest BCUT2D eigenvalue weighted by Gasteiger charge is -2.03. The van der Waals surface area contributed by atoms with Gasteiger partial charge in [0.2, 0.25) is 5.88 Å². The summed E-state index contributed by atoms with van der Waals surface area (Å²) >= 11 is 0.